The molecule has 20 heavy (non-hydrogen) atoms. The molecule has 2 aromatic rings. The highest BCUT2D eigenvalue weighted by Crippen LogP contribution is 2.21. The Hall–Kier alpha value is -1.61. The van der Waals surface area contributed by atoms with Crippen LogP contribution < -0.4 is 5.73 Å². The van der Waals surface area contributed by atoms with Crippen LogP contribution in [0.3, 0.4) is 0 Å². The molecule has 1 atom stereocenters. The van der Waals surface area contributed by atoms with Crippen LogP contribution in [0.15, 0.2) is 30.5 Å². The lowest BCUT2D eigenvalue weighted by Crippen LogP contribution is -2.11. The second-order valence-electron chi connectivity index (χ2n) is 5.38. The molecule has 3 N–H and O–H groups in total. The Labute approximate surface area is 121 Å². The van der Waals surface area contributed by atoms with Gasteiger partial charge in [-0.15, -0.1) is 0 Å². The molecular formula is C17H25N3. The van der Waals surface area contributed by atoms with Crippen molar-refractivity contribution in [1.82, 2.24) is 9.97 Å². The summed E-state index contributed by atoms with van der Waals surface area (Å²) in [4.78, 5) is 7.78. The highest BCUT2D eigenvalue weighted by Gasteiger charge is 2.10. The van der Waals surface area contributed by atoms with E-state index in [0.717, 1.165) is 30.8 Å². The summed E-state index contributed by atoms with van der Waals surface area (Å²) in [6.45, 7) is 4.38. The minimum atomic E-state index is 0.0167. The number of imidazole rings is 1. The van der Waals surface area contributed by atoms with Crippen molar-refractivity contribution in [2.45, 2.75) is 52.0 Å². The van der Waals surface area contributed by atoms with Crippen LogP contribution in [0, 0.1) is 0 Å². The van der Waals surface area contributed by atoms with Crippen LogP contribution >= 0.6 is 0 Å². The number of rotatable bonds is 7. The van der Waals surface area contributed by atoms with E-state index in [9.17, 15) is 0 Å². The molecule has 1 heterocycles. The van der Waals surface area contributed by atoms with Crippen LogP contribution in [0.25, 0.3) is 11.3 Å². The third kappa shape index (κ3) is 3.70. The smallest absolute Gasteiger partial charge is 0.123 e. The molecule has 0 bridgehead atoms. The highest BCUT2D eigenvalue weighted by atomic mass is 15.0. The third-order valence-corrected chi connectivity index (χ3v) is 3.62. The van der Waals surface area contributed by atoms with E-state index in [1.54, 1.807) is 0 Å². The number of benzene rings is 1. The largest absolute Gasteiger partial charge is 0.341 e. The second kappa shape index (κ2) is 7.25. The van der Waals surface area contributed by atoms with Gasteiger partial charge in [-0.1, -0.05) is 57.4 Å². The molecule has 0 aliphatic carbocycles. The fourth-order valence-corrected chi connectivity index (χ4v) is 2.37. The number of aromatic amines is 1. The first kappa shape index (κ1) is 14.8. The summed E-state index contributed by atoms with van der Waals surface area (Å²) in [6.07, 6.45) is 7.49. The second-order valence-corrected chi connectivity index (χ2v) is 5.38. The van der Waals surface area contributed by atoms with E-state index in [0.29, 0.717) is 0 Å². The molecule has 0 aliphatic heterocycles. The monoisotopic (exact) mass is 271 g/mol. The van der Waals surface area contributed by atoms with Crippen LogP contribution in [0.2, 0.25) is 0 Å². The van der Waals surface area contributed by atoms with Gasteiger partial charge in [0.15, 0.2) is 0 Å². The predicted octanol–water partition coefficient (Wildman–Crippen LogP) is 4.22. The molecule has 0 fully saturated rings. The minimum absolute atomic E-state index is 0.0167. The van der Waals surface area contributed by atoms with Gasteiger partial charge >= 0.3 is 0 Å². The number of unbranched alkanes of at least 4 members (excludes halogenated alkanes) is 1. The first-order valence-corrected chi connectivity index (χ1v) is 7.64. The number of hydrogen-bond donors (Lipinski definition) is 2. The Balaban J connectivity index is 2.07. The van der Waals surface area contributed by atoms with Crippen molar-refractivity contribution >= 4 is 0 Å². The Morgan fingerprint density at radius 3 is 2.55 bits per heavy atom. The molecule has 0 saturated heterocycles. The predicted molar refractivity (Wildman–Crippen MR) is 84.5 cm³/mol. The summed E-state index contributed by atoms with van der Waals surface area (Å²) in [6, 6.07) is 8.70. The standard InChI is InChI=1S/C17H25N3/c1-3-5-7-15(18)17-19-12-16(20-17)14-10-8-13(6-4-2)9-11-14/h8-12,15H,3-7,18H2,1-2H3,(H,19,20). The van der Waals surface area contributed by atoms with Gasteiger partial charge in [0, 0.05) is 0 Å². The number of aryl methyl sites for hydroxylation is 1. The Morgan fingerprint density at radius 2 is 1.90 bits per heavy atom. The van der Waals surface area contributed by atoms with E-state index >= 15 is 0 Å². The van der Waals surface area contributed by atoms with Crippen LogP contribution in [0.5, 0.6) is 0 Å². The van der Waals surface area contributed by atoms with E-state index < -0.39 is 0 Å². The first-order chi connectivity index (χ1) is 9.74. The SMILES string of the molecule is CCCCC(N)c1ncc(-c2ccc(CCC)cc2)[nH]1. The zero-order valence-electron chi connectivity index (χ0n) is 12.5. The number of hydrogen-bond acceptors (Lipinski definition) is 2. The normalized spacial score (nSPS) is 12.6. The maximum absolute atomic E-state index is 6.14. The molecule has 0 amide bonds. The quantitative estimate of drug-likeness (QED) is 0.792. The molecular weight excluding hydrogens is 246 g/mol. The van der Waals surface area contributed by atoms with Crippen LogP contribution in [0.1, 0.15) is 57.0 Å². The zero-order chi connectivity index (χ0) is 14.4. The van der Waals surface area contributed by atoms with Crippen LogP contribution in [0.4, 0.5) is 0 Å². The van der Waals surface area contributed by atoms with Crippen molar-refractivity contribution in [3.63, 3.8) is 0 Å². The zero-order valence-corrected chi connectivity index (χ0v) is 12.5. The number of H-pyrrole nitrogens is 1. The molecule has 0 radical (unpaired) electrons. The molecule has 3 heteroatoms. The average Bonchev–Trinajstić information content (AvgIpc) is 2.96. The minimum Gasteiger partial charge on any atom is -0.341 e. The van der Waals surface area contributed by atoms with Gasteiger partial charge in [0.05, 0.1) is 17.9 Å². The van der Waals surface area contributed by atoms with E-state index in [-0.39, 0.29) is 6.04 Å². The average molecular weight is 271 g/mol. The van der Waals surface area contributed by atoms with Gasteiger partial charge in [-0.3, -0.25) is 0 Å². The molecule has 0 spiro atoms. The molecule has 1 unspecified atom stereocenters. The Morgan fingerprint density at radius 1 is 1.15 bits per heavy atom. The lowest BCUT2D eigenvalue weighted by Gasteiger charge is -2.07. The lowest BCUT2D eigenvalue weighted by molar-refractivity contribution is 0.580. The molecule has 1 aromatic carbocycles. The topological polar surface area (TPSA) is 54.7 Å². The summed E-state index contributed by atoms with van der Waals surface area (Å²) in [5.74, 6) is 0.895. The highest BCUT2D eigenvalue weighted by molar-refractivity contribution is 5.58. The van der Waals surface area contributed by atoms with Crippen LogP contribution in [-0.2, 0) is 6.42 Å². The third-order valence-electron chi connectivity index (χ3n) is 3.62. The van der Waals surface area contributed by atoms with Gasteiger partial charge in [0.2, 0.25) is 0 Å². The Kier molecular flexibility index (Phi) is 5.36. The molecule has 0 saturated carbocycles. The summed E-state index contributed by atoms with van der Waals surface area (Å²) < 4.78 is 0. The summed E-state index contributed by atoms with van der Waals surface area (Å²) in [7, 11) is 0. The van der Waals surface area contributed by atoms with E-state index in [1.165, 1.54) is 24.0 Å². The fraction of sp³-hybridized carbons (Fsp3) is 0.471. The first-order valence-electron chi connectivity index (χ1n) is 7.64. The lowest BCUT2D eigenvalue weighted by atomic mass is 10.1. The maximum Gasteiger partial charge on any atom is 0.123 e. The molecule has 3 nitrogen and oxygen atoms in total. The number of nitrogens with two attached hydrogens (primary N) is 1. The van der Waals surface area contributed by atoms with Gasteiger partial charge in [-0.2, -0.15) is 0 Å². The van der Waals surface area contributed by atoms with Crippen LogP contribution in [-0.4, -0.2) is 9.97 Å². The molecule has 0 aliphatic rings. The number of nitrogens with zero attached hydrogens (tertiary/aromatic N) is 1. The van der Waals surface area contributed by atoms with E-state index in [2.05, 4.69) is 48.1 Å². The fourth-order valence-electron chi connectivity index (χ4n) is 2.37. The van der Waals surface area contributed by atoms with Crippen molar-refractivity contribution in [3.8, 4) is 11.3 Å². The molecule has 2 rings (SSSR count). The van der Waals surface area contributed by atoms with Crippen molar-refractivity contribution in [2.75, 3.05) is 0 Å². The van der Waals surface area contributed by atoms with Gasteiger partial charge in [-0.05, 0) is 24.0 Å². The van der Waals surface area contributed by atoms with E-state index in [1.807, 2.05) is 6.20 Å². The van der Waals surface area contributed by atoms with Gasteiger partial charge in [0.1, 0.15) is 5.82 Å². The van der Waals surface area contributed by atoms with Gasteiger partial charge in [-0.25, -0.2) is 4.98 Å². The van der Waals surface area contributed by atoms with Gasteiger partial charge in [0.25, 0.3) is 0 Å². The Bertz CT molecular complexity index is 513. The van der Waals surface area contributed by atoms with Crippen molar-refractivity contribution < 1.29 is 0 Å². The number of aromatic nitrogens is 2. The number of nitrogens with one attached hydrogen (secondary N) is 1. The maximum atomic E-state index is 6.14. The van der Waals surface area contributed by atoms with Gasteiger partial charge < -0.3 is 10.7 Å². The summed E-state index contributed by atoms with van der Waals surface area (Å²) >= 11 is 0. The molecule has 1 aromatic heterocycles. The summed E-state index contributed by atoms with van der Waals surface area (Å²) in [5.41, 5.74) is 9.75. The van der Waals surface area contributed by atoms with Crippen molar-refractivity contribution in [3.05, 3.63) is 41.9 Å². The summed E-state index contributed by atoms with van der Waals surface area (Å²) in [5, 5.41) is 0. The van der Waals surface area contributed by atoms with Crippen molar-refractivity contribution in [1.29, 1.82) is 0 Å². The van der Waals surface area contributed by atoms with Crippen molar-refractivity contribution in [2.24, 2.45) is 5.73 Å². The van der Waals surface area contributed by atoms with E-state index in [4.69, 9.17) is 5.73 Å². The molecule has 108 valence electrons.